The van der Waals surface area contributed by atoms with Crippen LogP contribution in [0.1, 0.15) is 45.4 Å². The highest BCUT2D eigenvalue weighted by atomic mass is 32.2. The largest absolute Gasteiger partial charge is 0.444 e. The molecule has 4 atom stereocenters. The van der Waals surface area contributed by atoms with E-state index in [-0.39, 0.29) is 19.5 Å². The highest BCUT2D eigenvalue weighted by Crippen LogP contribution is 2.38. The quantitative estimate of drug-likeness (QED) is 0.724. The molecular weight excluding hydrogens is 441 g/mol. The number of alkyl halides is 3. The molecule has 1 saturated heterocycles. The summed E-state index contributed by atoms with van der Waals surface area (Å²) >= 11 is 0. The maximum Gasteiger partial charge on any atom is 0.416 e. The number of halogens is 3. The summed E-state index contributed by atoms with van der Waals surface area (Å²) < 4.78 is 75.9. The fraction of sp³-hybridized carbons (Fsp3) is 0.778. The number of nitrogens with zero attached hydrogens (tertiary/aromatic N) is 3. The topological polar surface area (TPSA) is 103 Å². The zero-order chi connectivity index (χ0) is 23.4. The van der Waals surface area contributed by atoms with Gasteiger partial charge in [-0.05, 0) is 34.1 Å². The Hall–Kier alpha value is -1.86. The van der Waals surface area contributed by atoms with Crippen molar-refractivity contribution >= 4 is 16.1 Å². The van der Waals surface area contributed by atoms with Gasteiger partial charge in [0.15, 0.2) is 6.10 Å². The lowest BCUT2D eigenvalue weighted by atomic mass is 9.93. The molecule has 0 spiro atoms. The third-order valence-electron chi connectivity index (χ3n) is 5.19. The Morgan fingerprint density at radius 1 is 1.29 bits per heavy atom. The highest BCUT2D eigenvalue weighted by Gasteiger charge is 2.53. The van der Waals surface area contributed by atoms with Crippen molar-refractivity contribution in [3.8, 4) is 0 Å². The number of amides is 1. The van der Waals surface area contributed by atoms with Gasteiger partial charge in [-0.3, -0.25) is 4.90 Å². The van der Waals surface area contributed by atoms with Crippen LogP contribution in [-0.2, 0) is 32.6 Å². The lowest BCUT2D eigenvalue weighted by Gasteiger charge is -2.44. The van der Waals surface area contributed by atoms with Crippen molar-refractivity contribution in [1.82, 2.24) is 19.4 Å². The van der Waals surface area contributed by atoms with E-state index >= 15 is 0 Å². The second kappa shape index (κ2) is 7.93. The van der Waals surface area contributed by atoms with Gasteiger partial charge in [-0.25, -0.2) is 13.2 Å². The number of hydrogen-bond acceptors (Lipinski definition) is 7. The molecule has 176 valence electrons. The van der Waals surface area contributed by atoms with Crippen molar-refractivity contribution < 1.29 is 35.9 Å². The van der Waals surface area contributed by atoms with Gasteiger partial charge in [0.05, 0.1) is 24.1 Å². The highest BCUT2D eigenvalue weighted by molar-refractivity contribution is 7.89. The second-order valence-corrected chi connectivity index (χ2v) is 10.8. The van der Waals surface area contributed by atoms with Gasteiger partial charge in [0.2, 0.25) is 0 Å². The van der Waals surface area contributed by atoms with Gasteiger partial charge >= 0.3 is 12.3 Å². The van der Waals surface area contributed by atoms with Crippen LogP contribution in [0.25, 0.3) is 0 Å². The fourth-order valence-corrected chi connectivity index (χ4v) is 4.39. The molecule has 0 bridgehead atoms. The minimum absolute atomic E-state index is 0.0130. The van der Waals surface area contributed by atoms with Crippen LogP contribution >= 0.6 is 0 Å². The standard InChI is InChI=1S/C18H27F3N4O5S/c1-10-12(22-16(26)30-17(2,3)4)6-14(15(29-10)18(19,20)21)24-7-11-8-25(31(5,27)28)23-13(11)9-24/h8,10,12,14-15H,6-7,9H2,1-5H3,(H,22,26)/t10-,12+,14+,15-/m1/s1. The van der Waals surface area contributed by atoms with Gasteiger partial charge in [0.25, 0.3) is 10.0 Å². The zero-order valence-corrected chi connectivity index (χ0v) is 18.7. The minimum atomic E-state index is -4.61. The average molecular weight is 468 g/mol. The van der Waals surface area contributed by atoms with E-state index in [1.54, 1.807) is 25.7 Å². The fourth-order valence-electron chi connectivity index (χ4n) is 3.82. The van der Waals surface area contributed by atoms with Crippen molar-refractivity contribution in [2.24, 2.45) is 0 Å². The molecule has 9 nitrogen and oxygen atoms in total. The zero-order valence-electron chi connectivity index (χ0n) is 17.9. The van der Waals surface area contributed by atoms with E-state index in [0.29, 0.717) is 11.3 Å². The predicted octanol–water partition coefficient (Wildman–Crippen LogP) is 2.01. The Morgan fingerprint density at radius 2 is 1.94 bits per heavy atom. The molecular formula is C18H27F3N4O5S. The van der Waals surface area contributed by atoms with E-state index in [2.05, 4.69) is 10.4 Å². The van der Waals surface area contributed by atoms with Crippen LogP contribution < -0.4 is 5.32 Å². The molecule has 1 N–H and O–H groups in total. The Balaban J connectivity index is 1.78. The van der Waals surface area contributed by atoms with Gasteiger partial charge in [-0.2, -0.15) is 22.4 Å². The van der Waals surface area contributed by atoms with Gasteiger partial charge in [0.1, 0.15) is 5.60 Å². The van der Waals surface area contributed by atoms with E-state index in [9.17, 15) is 26.4 Å². The molecule has 0 aromatic carbocycles. The molecule has 0 unspecified atom stereocenters. The SMILES string of the molecule is C[C@H]1O[C@@H](C(F)(F)F)[C@@H](N2Cc3cn(S(C)(=O)=O)nc3C2)C[C@@H]1NC(=O)OC(C)(C)C. The molecule has 0 radical (unpaired) electrons. The van der Waals surface area contributed by atoms with Crippen molar-refractivity contribution in [2.45, 2.75) is 83.3 Å². The molecule has 13 heteroatoms. The second-order valence-electron chi connectivity index (χ2n) is 9.00. The van der Waals surface area contributed by atoms with E-state index in [1.165, 1.54) is 13.1 Å². The number of nitrogens with one attached hydrogen (secondary N) is 1. The van der Waals surface area contributed by atoms with E-state index in [4.69, 9.17) is 9.47 Å². The van der Waals surface area contributed by atoms with Gasteiger partial charge in [-0.1, -0.05) is 0 Å². The molecule has 1 fully saturated rings. The van der Waals surface area contributed by atoms with Crippen molar-refractivity contribution in [3.05, 3.63) is 17.5 Å². The predicted molar refractivity (Wildman–Crippen MR) is 104 cm³/mol. The summed E-state index contributed by atoms with van der Waals surface area (Å²) in [5, 5.41) is 6.61. The van der Waals surface area contributed by atoms with Crippen LogP contribution in [0.4, 0.5) is 18.0 Å². The lowest BCUT2D eigenvalue weighted by Crippen LogP contribution is -2.61. The number of aromatic nitrogens is 2. The first-order chi connectivity index (χ1) is 14.0. The third-order valence-corrected chi connectivity index (χ3v) is 6.06. The number of alkyl carbamates (subject to hydrolysis) is 1. The number of carbonyl (C=O) groups excluding carboxylic acids is 1. The molecule has 3 heterocycles. The summed E-state index contributed by atoms with van der Waals surface area (Å²) in [5.41, 5.74) is 0.197. The maximum absolute atomic E-state index is 13.7. The van der Waals surface area contributed by atoms with Gasteiger partial charge in [-0.15, -0.1) is 0 Å². The van der Waals surface area contributed by atoms with Crippen molar-refractivity contribution in [3.63, 3.8) is 0 Å². The van der Waals surface area contributed by atoms with E-state index < -0.39 is 52.2 Å². The summed E-state index contributed by atoms with van der Waals surface area (Å²) in [5.74, 6) is 0. The summed E-state index contributed by atoms with van der Waals surface area (Å²) in [7, 11) is -3.58. The number of fused-ring (bicyclic) bond motifs is 1. The molecule has 1 aromatic heterocycles. The molecule has 2 aliphatic rings. The van der Waals surface area contributed by atoms with Crippen molar-refractivity contribution in [1.29, 1.82) is 0 Å². The molecule has 3 rings (SSSR count). The Bertz CT molecular complexity index is 917. The van der Waals surface area contributed by atoms with Crippen LogP contribution in [0.15, 0.2) is 6.20 Å². The van der Waals surface area contributed by atoms with Crippen LogP contribution in [0, 0.1) is 0 Å². The number of hydrogen-bond donors (Lipinski definition) is 1. The summed E-state index contributed by atoms with van der Waals surface area (Å²) in [6.07, 6.45) is -5.97. The molecule has 0 saturated carbocycles. The van der Waals surface area contributed by atoms with E-state index in [1.807, 2.05) is 0 Å². The Morgan fingerprint density at radius 3 is 2.45 bits per heavy atom. The first-order valence-electron chi connectivity index (χ1n) is 9.78. The van der Waals surface area contributed by atoms with E-state index in [0.717, 1.165) is 10.3 Å². The first kappa shape index (κ1) is 23.8. The summed E-state index contributed by atoms with van der Waals surface area (Å²) in [4.78, 5) is 13.7. The first-order valence-corrected chi connectivity index (χ1v) is 11.6. The molecule has 2 aliphatic heterocycles. The third kappa shape index (κ3) is 5.50. The Labute approximate surface area is 178 Å². The number of rotatable bonds is 3. The van der Waals surface area contributed by atoms with Crippen LogP contribution in [-0.4, -0.2) is 70.9 Å². The summed E-state index contributed by atoms with van der Waals surface area (Å²) in [6, 6.07) is -1.78. The average Bonchev–Trinajstić information content (AvgIpc) is 3.12. The van der Waals surface area contributed by atoms with Crippen molar-refractivity contribution in [2.75, 3.05) is 6.26 Å². The monoisotopic (exact) mass is 468 g/mol. The van der Waals surface area contributed by atoms with Gasteiger partial charge < -0.3 is 14.8 Å². The molecule has 0 aliphatic carbocycles. The number of carbonyl (C=O) groups is 1. The Kier molecular flexibility index (Phi) is 6.08. The summed E-state index contributed by atoms with van der Waals surface area (Å²) in [6.45, 7) is 6.69. The minimum Gasteiger partial charge on any atom is -0.444 e. The molecule has 1 amide bonds. The normalized spacial score (nSPS) is 27.7. The number of ether oxygens (including phenoxy) is 2. The van der Waals surface area contributed by atoms with Crippen LogP contribution in [0.5, 0.6) is 0 Å². The molecule has 1 aromatic rings. The maximum atomic E-state index is 13.7. The molecule has 31 heavy (non-hydrogen) atoms. The lowest BCUT2D eigenvalue weighted by molar-refractivity contribution is -0.266. The van der Waals surface area contributed by atoms with Gasteiger partial charge in [0, 0.05) is 30.9 Å². The smallest absolute Gasteiger partial charge is 0.416 e. The van der Waals surface area contributed by atoms with Crippen LogP contribution in [0.2, 0.25) is 0 Å². The van der Waals surface area contributed by atoms with Crippen LogP contribution in [0.3, 0.4) is 0 Å².